The molecule has 160 valence electrons. The number of urea groups is 1. The number of hydrogen-bond donors (Lipinski definition) is 2. The lowest BCUT2D eigenvalue weighted by molar-refractivity contribution is -0.114. The highest BCUT2D eigenvalue weighted by atomic mass is 32.1. The third-order valence-electron chi connectivity index (χ3n) is 6.02. The highest BCUT2D eigenvalue weighted by Crippen LogP contribution is 2.34. The molecule has 0 aliphatic carbocycles. The zero-order valence-corrected chi connectivity index (χ0v) is 18.5. The van der Waals surface area contributed by atoms with E-state index in [-0.39, 0.29) is 23.5 Å². The first-order valence-electron chi connectivity index (χ1n) is 10.3. The minimum atomic E-state index is -0.152. The smallest absolute Gasteiger partial charge is 0.318 e. The maximum absolute atomic E-state index is 12.6. The van der Waals surface area contributed by atoms with Crippen molar-refractivity contribution < 1.29 is 9.59 Å². The van der Waals surface area contributed by atoms with E-state index in [1.54, 1.807) is 0 Å². The molecule has 2 aliphatic heterocycles. The largest absolute Gasteiger partial charge is 0.331 e. The van der Waals surface area contributed by atoms with E-state index < -0.39 is 0 Å². The molecular weight excluding hydrogens is 400 g/mol. The summed E-state index contributed by atoms with van der Waals surface area (Å²) in [7, 11) is 0. The van der Waals surface area contributed by atoms with E-state index in [1.165, 1.54) is 18.3 Å². The molecule has 30 heavy (non-hydrogen) atoms. The number of carbonyl (C=O) groups excluding carboxylic acids is 2. The van der Waals surface area contributed by atoms with Crippen LogP contribution < -0.4 is 10.6 Å². The first-order chi connectivity index (χ1) is 14.3. The molecule has 2 aromatic heterocycles. The zero-order valence-electron chi connectivity index (χ0n) is 17.6. The molecular formula is C21H28N6O2S. The fourth-order valence-electron chi connectivity index (χ4n) is 4.21. The van der Waals surface area contributed by atoms with E-state index in [1.807, 2.05) is 36.4 Å². The number of carbonyl (C=O) groups is 2. The molecule has 1 atom stereocenters. The van der Waals surface area contributed by atoms with Crippen LogP contribution in [0.25, 0.3) is 0 Å². The van der Waals surface area contributed by atoms with Crippen molar-refractivity contribution in [1.29, 1.82) is 0 Å². The third-order valence-corrected chi connectivity index (χ3v) is 7.10. The van der Waals surface area contributed by atoms with Crippen molar-refractivity contribution in [3.05, 3.63) is 40.7 Å². The molecule has 4 heterocycles. The molecule has 2 saturated heterocycles. The molecule has 0 saturated carbocycles. The van der Waals surface area contributed by atoms with Crippen molar-refractivity contribution in [2.75, 3.05) is 25.0 Å². The number of nitrogens with one attached hydrogen (secondary N) is 2. The zero-order chi connectivity index (χ0) is 21.3. The van der Waals surface area contributed by atoms with Crippen LogP contribution in [0.15, 0.2) is 24.5 Å². The Morgan fingerprint density at radius 1 is 1.30 bits per heavy atom. The van der Waals surface area contributed by atoms with Gasteiger partial charge in [0.2, 0.25) is 5.91 Å². The van der Waals surface area contributed by atoms with Gasteiger partial charge in [0.05, 0.1) is 5.54 Å². The lowest BCUT2D eigenvalue weighted by Crippen LogP contribution is -2.52. The van der Waals surface area contributed by atoms with E-state index >= 15 is 0 Å². The predicted molar refractivity (Wildman–Crippen MR) is 116 cm³/mol. The average molecular weight is 429 g/mol. The van der Waals surface area contributed by atoms with Crippen molar-refractivity contribution in [2.24, 2.45) is 0 Å². The highest BCUT2D eigenvalue weighted by molar-refractivity contribution is 7.15. The summed E-state index contributed by atoms with van der Waals surface area (Å²) in [5.41, 5.74) is 1.88. The molecule has 3 amide bonds. The number of likely N-dealkylation sites (tertiary alicyclic amines) is 1. The van der Waals surface area contributed by atoms with Gasteiger partial charge in [0, 0.05) is 62.1 Å². The number of anilines is 1. The number of nitrogens with zero attached hydrogens (tertiary/aromatic N) is 4. The van der Waals surface area contributed by atoms with Crippen molar-refractivity contribution in [1.82, 2.24) is 25.1 Å². The van der Waals surface area contributed by atoms with E-state index in [2.05, 4.69) is 32.4 Å². The summed E-state index contributed by atoms with van der Waals surface area (Å²) in [5, 5.41) is 6.65. The molecule has 2 N–H and O–H groups in total. The van der Waals surface area contributed by atoms with Gasteiger partial charge in [-0.05, 0) is 38.3 Å². The SMILES string of the molecule is CC(=O)Nc1ncc([C@@H](C)N2CCC3(CC2)CN(Cc2ccc(C)nc2)C(=O)N3)s1. The Bertz CT molecular complexity index is 920. The molecule has 0 unspecified atom stereocenters. The van der Waals surface area contributed by atoms with Crippen LogP contribution in [0.5, 0.6) is 0 Å². The van der Waals surface area contributed by atoms with Crippen molar-refractivity contribution >= 4 is 28.4 Å². The van der Waals surface area contributed by atoms with Crippen LogP contribution in [0.3, 0.4) is 0 Å². The number of piperidine rings is 1. The molecule has 9 heteroatoms. The first-order valence-corrected chi connectivity index (χ1v) is 11.1. The maximum Gasteiger partial charge on any atom is 0.318 e. The number of pyridine rings is 1. The van der Waals surface area contributed by atoms with Crippen LogP contribution in [0.2, 0.25) is 0 Å². The Morgan fingerprint density at radius 2 is 2.07 bits per heavy atom. The summed E-state index contributed by atoms with van der Waals surface area (Å²) < 4.78 is 0. The standard InChI is InChI=1S/C21H28N6O2S/c1-14-4-5-17(10-22-14)12-27-13-21(25-20(27)29)6-8-26(9-7-21)15(2)18-11-23-19(30-18)24-16(3)28/h4-5,10-11,15H,6-9,12-13H2,1-3H3,(H,25,29)(H,23,24,28)/t15-/m1/s1. The Balaban J connectivity index is 1.34. The van der Waals surface area contributed by atoms with Gasteiger partial charge >= 0.3 is 6.03 Å². The summed E-state index contributed by atoms with van der Waals surface area (Å²) in [5.74, 6) is -0.105. The van der Waals surface area contributed by atoms with Gasteiger partial charge in [-0.1, -0.05) is 6.07 Å². The topological polar surface area (TPSA) is 90.5 Å². The lowest BCUT2D eigenvalue weighted by atomic mass is 9.87. The number of aryl methyl sites for hydroxylation is 1. The highest BCUT2D eigenvalue weighted by Gasteiger charge is 2.44. The molecule has 2 aromatic rings. The minimum absolute atomic E-state index is 0.0134. The van der Waals surface area contributed by atoms with Crippen LogP contribution in [-0.4, -0.2) is 56.9 Å². The molecule has 1 spiro atoms. The van der Waals surface area contributed by atoms with E-state index in [0.717, 1.165) is 48.6 Å². The van der Waals surface area contributed by atoms with Gasteiger partial charge in [0.15, 0.2) is 5.13 Å². The summed E-state index contributed by atoms with van der Waals surface area (Å²) in [6.07, 6.45) is 5.54. The number of rotatable bonds is 5. The maximum atomic E-state index is 12.6. The van der Waals surface area contributed by atoms with Gasteiger partial charge in [-0.25, -0.2) is 9.78 Å². The Morgan fingerprint density at radius 3 is 2.73 bits per heavy atom. The van der Waals surface area contributed by atoms with Crippen molar-refractivity contribution in [3.63, 3.8) is 0 Å². The van der Waals surface area contributed by atoms with E-state index in [4.69, 9.17) is 0 Å². The lowest BCUT2D eigenvalue weighted by Gasteiger charge is -2.41. The van der Waals surface area contributed by atoms with Crippen LogP contribution in [-0.2, 0) is 11.3 Å². The summed E-state index contributed by atoms with van der Waals surface area (Å²) >= 11 is 1.52. The van der Waals surface area contributed by atoms with Gasteiger partial charge in [-0.15, -0.1) is 11.3 Å². The molecule has 8 nitrogen and oxygen atoms in total. The Kier molecular flexibility index (Phi) is 5.75. The second-order valence-electron chi connectivity index (χ2n) is 8.34. The average Bonchev–Trinajstić information content (AvgIpc) is 3.28. The predicted octanol–water partition coefficient (Wildman–Crippen LogP) is 2.93. The second-order valence-corrected chi connectivity index (χ2v) is 9.40. The van der Waals surface area contributed by atoms with Gasteiger partial charge < -0.3 is 15.5 Å². The van der Waals surface area contributed by atoms with Gasteiger partial charge in [0.1, 0.15) is 0 Å². The van der Waals surface area contributed by atoms with Gasteiger partial charge in [-0.3, -0.25) is 14.7 Å². The molecule has 2 fully saturated rings. The van der Waals surface area contributed by atoms with E-state index in [0.29, 0.717) is 11.7 Å². The van der Waals surface area contributed by atoms with Gasteiger partial charge in [-0.2, -0.15) is 0 Å². The minimum Gasteiger partial charge on any atom is -0.331 e. The number of hydrogen-bond acceptors (Lipinski definition) is 6. The summed E-state index contributed by atoms with van der Waals surface area (Å²) in [6, 6.07) is 4.26. The monoisotopic (exact) mass is 428 g/mol. The van der Waals surface area contributed by atoms with Crippen molar-refractivity contribution in [3.8, 4) is 0 Å². The number of thiazole rings is 1. The van der Waals surface area contributed by atoms with Crippen LogP contribution >= 0.6 is 11.3 Å². The third kappa shape index (κ3) is 4.46. The first kappa shape index (κ1) is 20.7. The fourth-order valence-corrected chi connectivity index (χ4v) is 5.16. The normalized spacial score (nSPS) is 19.7. The molecule has 0 radical (unpaired) electrons. The molecule has 0 aromatic carbocycles. The summed E-state index contributed by atoms with van der Waals surface area (Å²) in [4.78, 5) is 37.9. The Hall–Kier alpha value is -2.52. The van der Waals surface area contributed by atoms with Crippen LogP contribution in [0, 0.1) is 6.92 Å². The molecule has 4 rings (SSSR count). The summed E-state index contributed by atoms with van der Waals surface area (Å²) in [6.45, 7) is 8.77. The Labute approximate surface area is 180 Å². The van der Waals surface area contributed by atoms with Crippen LogP contribution in [0.1, 0.15) is 48.9 Å². The van der Waals surface area contributed by atoms with E-state index in [9.17, 15) is 9.59 Å². The van der Waals surface area contributed by atoms with Crippen molar-refractivity contribution in [2.45, 2.75) is 51.7 Å². The number of aromatic nitrogens is 2. The number of amides is 3. The second kappa shape index (κ2) is 8.31. The van der Waals surface area contributed by atoms with Crippen LogP contribution in [0.4, 0.5) is 9.93 Å². The fraction of sp³-hybridized carbons (Fsp3) is 0.524. The quantitative estimate of drug-likeness (QED) is 0.764. The van der Waals surface area contributed by atoms with Gasteiger partial charge in [0.25, 0.3) is 0 Å². The molecule has 0 bridgehead atoms. The molecule has 2 aliphatic rings.